The lowest BCUT2D eigenvalue weighted by molar-refractivity contribution is -0.125. The van der Waals surface area contributed by atoms with Gasteiger partial charge < -0.3 is 10.2 Å². The second kappa shape index (κ2) is 9.07. The molecule has 0 fully saturated rings. The molecule has 0 unspecified atom stereocenters. The van der Waals surface area contributed by atoms with E-state index in [1.807, 2.05) is 23.1 Å². The number of nitrogens with zero attached hydrogens (tertiary/aromatic N) is 2. The van der Waals surface area contributed by atoms with Crippen molar-refractivity contribution in [3.63, 3.8) is 0 Å². The first-order valence-electron chi connectivity index (χ1n) is 10.0. The number of carbonyl (C=O) groups is 1. The van der Waals surface area contributed by atoms with Crippen molar-refractivity contribution < 1.29 is 4.79 Å². The SMILES string of the molecule is C=C1CCc2cc(/C=C/C(=O)N3CC=C(c4cc(Cl)cc(Cl)c4)CCC3)cnc2N1. The van der Waals surface area contributed by atoms with Crippen LogP contribution in [-0.2, 0) is 11.2 Å². The van der Waals surface area contributed by atoms with Gasteiger partial charge in [-0.3, -0.25) is 4.79 Å². The van der Waals surface area contributed by atoms with Gasteiger partial charge >= 0.3 is 0 Å². The average molecular weight is 440 g/mol. The predicted molar refractivity (Wildman–Crippen MR) is 125 cm³/mol. The van der Waals surface area contributed by atoms with Crippen molar-refractivity contribution in [2.45, 2.75) is 25.7 Å². The summed E-state index contributed by atoms with van der Waals surface area (Å²) in [6.07, 6.45) is 10.9. The average Bonchev–Trinajstić information content (AvgIpc) is 2.97. The normalized spacial score (nSPS) is 16.7. The van der Waals surface area contributed by atoms with Crippen molar-refractivity contribution in [2.75, 3.05) is 18.4 Å². The van der Waals surface area contributed by atoms with Crippen molar-refractivity contribution in [3.05, 3.63) is 81.6 Å². The number of aryl methyl sites for hydroxylation is 1. The van der Waals surface area contributed by atoms with E-state index in [1.165, 1.54) is 5.57 Å². The monoisotopic (exact) mass is 439 g/mol. The Bertz CT molecular complexity index is 1040. The maximum Gasteiger partial charge on any atom is 0.246 e. The first-order valence-corrected chi connectivity index (χ1v) is 10.8. The number of anilines is 1. The molecule has 2 aliphatic rings. The van der Waals surface area contributed by atoms with Crippen LogP contribution in [0.5, 0.6) is 0 Å². The van der Waals surface area contributed by atoms with Gasteiger partial charge in [-0.1, -0.05) is 35.9 Å². The Balaban J connectivity index is 1.44. The highest BCUT2D eigenvalue weighted by molar-refractivity contribution is 6.34. The van der Waals surface area contributed by atoms with Crippen LogP contribution in [0.1, 0.15) is 36.0 Å². The van der Waals surface area contributed by atoms with Gasteiger partial charge in [-0.15, -0.1) is 0 Å². The third-order valence-electron chi connectivity index (χ3n) is 5.37. The zero-order valence-electron chi connectivity index (χ0n) is 16.6. The number of nitrogens with one attached hydrogen (secondary N) is 1. The van der Waals surface area contributed by atoms with Crippen molar-refractivity contribution >= 4 is 46.6 Å². The molecule has 1 amide bonds. The number of rotatable bonds is 3. The van der Waals surface area contributed by atoms with Crippen LogP contribution in [0.3, 0.4) is 0 Å². The van der Waals surface area contributed by atoms with Gasteiger partial charge in [-0.05, 0) is 78.3 Å². The van der Waals surface area contributed by atoms with E-state index in [1.54, 1.807) is 18.3 Å². The van der Waals surface area contributed by atoms with Gasteiger partial charge in [0.25, 0.3) is 0 Å². The Morgan fingerprint density at radius 3 is 2.73 bits per heavy atom. The quantitative estimate of drug-likeness (QED) is 0.598. The summed E-state index contributed by atoms with van der Waals surface area (Å²) < 4.78 is 0. The number of benzene rings is 1. The summed E-state index contributed by atoms with van der Waals surface area (Å²) in [5.74, 6) is 0.863. The molecule has 6 heteroatoms. The molecule has 1 N–H and O–H groups in total. The highest BCUT2D eigenvalue weighted by Gasteiger charge is 2.16. The molecule has 2 aliphatic heterocycles. The second-order valence-electron chi connectivity index (χ2n) is 7.61. The molecular weight excluding hydrogens is 417 g/mol. The molecule has 30 heavy (non-hydrogen) atoms. The summed E-state index contributed by atoms with van der Waals surface area (Å²) in [5.41, 5.74) is 5.26. The molecule has 0 bridgehead atoms. The fourth-order valence-corrected chi connectivity index (χ4v) is 4.31. The number of pyridine rings is 1. The van der Waals surface area contributed by atoms with Gasteiger partial charge in [0.2, 0.25) is 5.91 Å². The largest absolute Gasteiger partial charge is 0.344 e. The molecule has 1 aromatic carbocycles. The van der Waals surface area contributed by atoms with E-state index in [-0.39, 0.29) is 5.91 Å². The minimum atomic E-state index is 0.000787. The van der Waals surface area contributed by atoms with E-state index >= 15 is 0 Å². The van der Waals surface area contributed by atoms with Crippen molar-refractivity contribution in [1.82, 2.24) is 9.88 Å². The maximum atomic E-state index is 12.7. The van der Waals surface area contributed by atoms with Crippen LogP contribution < -0.4 is 5.32 Å². The summed E-state index contributed by atoms with van der Waals surface area (Å²) >= 11 is 12.3. The lowest BCUT2D eigenvalue weighted by Gasteiger charge is -2.19. The lowest BCUT2D eigenvalue weighted by atomic mass is 10.0. The molecule has 0 atom stereocenters. The van der Waals surface area contributed by atoms with E-state index in [0.717, 1.165) is 53.9 Å². The molecule has 154 valence electrons. The Kier molecular flexibility index (Phi) is 6.26. The van der Waals surface area contributed by atoms with Crippen molar-refractivity contribution in [3.8, 4) is 0 Å². The van der Waals surface area contributed by atoms with Gasteiger partial charge in [-0.25, -0.2) is 4.98 Å². The molecule has 0 saturated heterocycles. The standard InChI is InChI=1S/C24H23Cl2N3O/c1-16-4-6-19-11-17(15-27-24(19)28-16)5-7-23(30)29-9-2-3-18(8-10-29)20-12-21(25)14-22(26)13-20/h5,7-8,11-15H,1-4,6,9-10H2,(H,27,28)/b7-5+. The summed E-state index contributed by atoms with van der Waals surface area (Å²) in [4.78, 5) is 19.0. The van der Waals surface area contributed by atoms with Gasteiger partial charge in [0.1, 0.15) is 5.82 Å². The summed E-state index contributed by atoms with van der Waals surface area (Å²) in [6.45, 7) is 5.24. The fourth-order valence-electron chi connectivity index (χ4n) is 3.79. The Hall–Kier alpha value is -2.56. The Morgan fingerprint density at radius 2 is 1.93 bits per heavy atom. The minimum Gasteiger partial charge on any atom is -0.344 e. The third-order valence-corrected chi connectivity index (χ3v) is 5.81. The zero-order chi connectivity index (χ0) is 21.1. The molecule has 4 rings (SSSR count). The molecule has 0 saturated carbocycles. The molecule has 0 radical (unpaired) electrons. The van der Waals surface area contributed by atoms with Gasteiger partial charge in [-0.2, -0.15) is 0 Å². The molecule has 3 heterocycles. The van der Waals surface area contributed by atoms with Crippen LogP contribution in [0, 0.1) is 0 Å². The van der Waals surface area contributed by atoms with Gasteiger partial charge in [0.15, 0.2) is 0 Å². The first kappa shape index (κ1) is 20.7. The van der Waals surface area contributed by atoms with E-state index in [4.69, 9.17) is 23.2 Å². The minimum absolute atomic E-state index is 0.000787. The van der Waals surface area contributed by atoms with E-state index in [0.29, 0.717) is 23.1 Å². The van der Waals surface area contributed by atoms with Crippen LogP contribution in [0.15, 0.2) is 54.9 Å². The van der Waals surface area contributed by atoms with E-state index in [2.05, 4.69) is 29.0 Å². The van der Waals surface area contributed by atoms with Gasteiger partial charge in [0, 0.05) is 41.1 Å². The molecule has 1 aromatic heterocycles. The fraction of sp³-hybridized carbons (Fsp3) is 0.250. The van der Waals surface area contributed by atoms with Crippen LogP contribution in [-0.4, -0.2) is 28.9 Å². The number of amides is 1. The smallest absolute Gasteiger partial charge is 0.246 e. The number of aromatic nitrogens is 1. The molecule has 2 aromatic rings. The maximum absolute atomic E-state index is 12.7. The predicted octanol–water partition coefficient (Wildman–Crippen LogP) is 5.98. The Morgan fingerprint density at radius 1 is 1.13 bits per heavy atom. The number of carbonyl (C=O) groups excluding carboxylic acids is 1. The molecule has 4 nitrogen and oxygen atoms in total. The van der Waals surface area contributed by atoms with Crippen LogP contribution >= 0.6 is 23.2 Å². The molecule has 0 aliphatic carbocycles. The Labute approximate surface area is 186 Å². The van der Waals surface area contributed by atoms with Crippen molar-refractivity contribution in [2.24, 2.45) is 0 Å². The zero-order valence-corrected chi connectivity index (χ0v) is 18.1. The second-order valence-corrected chi connectivity index (χ2v) is 8.49. The number of hydrogen-bond acceptors (Lipinski definition) is 3. The topological polar surface area (TPSA) is 45.2 Å². The number of fused-ring (bicyclic) bond motifs is 1. The summed E-state index contributed by atoms with van der Waals surface area (Å²) in [6, 6.07) is 7.65. The lowest BCUT2D eigenvalue weighted by Crippen LogP contribution is -2.29. The summed E-state index contributed by atoms with van der Waals surface area (Å²) in [5, 5.41) is 4.45. The highest BCUT2D eigenvalue weighted by atomic mass is 35.5. The van der Waals surface area contributed by atoms with Crippen LogP contribution in [0.2, 0.25) is 10.0 Å². The van der Waals surface area contributed by atoms with Crippen LogP contribution in [0.4, 0.5) is 5.82 Å². The van der Waals surface area contributed by atoms with Crippen LogP contribution in [0.25, 0.3) is 11.6 Å². The third kappa shape index (κ3) is 4.94. The van der Waals surface area contributed by atoms with Crippen molar-refractivity contribution in [1.29, 1.82) is 0 Å². The van der Waals surface area contributed by atoms with E-state index < -0.39 is 0 Å². The highest BCUT2D eigenvalue weighted by Crippen LogP contribution is 2.28. The first-order chi connectivity index (χ1) is 14.5. The number of allylic oxidation sites excluding steroid dienone is 2. The van der Waals surface area contributed by atoms with E-state index in [9.17, 15) is 4.79 Å². The number of halogens is 2. The molecular formula is C24H23Cl2N3O. The molecule has 0 spiro atoms. The number of hydrogen-bond donors (Lipinski definition) is 1. The summed E-state index contributed by atoms with van der Waals surface area (Å²) in [7, 11) is 0. The van der Waals surface area contributed by atoms with Gasteiger partial charge in [0.05, 0.1) is 0 Å².